The molecule has 1 rings (SSSR count). The molecule has 0 heterocycles. The van der Waals surface area contributed by atoms with Gasteiger partial charge in [0, 0.05) is 6.04 Å². The van der Waals surface area contributed by atoms with Crippen molar-refractivity contribution in [2.45, 2.75) is 40.7 Å². The molecule has 3 heteroatoms. The van der Waals surface area contributed by atoms with E-state index >= 15 is 0 Å². The van der Waals surface area contributed by atoms with Crippen LogP contribution in [-0.4, -0.2) is 18.6 Å². The molecule has 1 aromatic rings. The normalized spacial score (nSPS) is 12.3. The van der Waals surface area contributed by atoms with Crippen molar-refractivity contribution < 1.29 is 9.53 Å². The van der Waals surface area contributed by atoms with Gasteiger partial charge in [-0.15, -0.1) is 0 Å². The minimum Gasteiger partial charge on any atom is -0.483 e. The van der Waals surface area contributed by atoms with Crippen LogP contribution in [0.2, 0.25) is 0 Å². The lowest BCUT2D eigenvalue weighted by Gasteiger charge is -2.18. The number of benzene rings is 1. The highest BCUT2D eigenvalue weighted by Gasteiger charge is 2.11. The number of carbonyl (C=O) groups is 1. The van der Waals surface area contributed by atoms with Crippen LogP contribution in [0.25, 0.3) is 0 Å². The van der Waals surface area contributed by atoms with Gasteiger partial charge in [-0.05, 0) is 43.9 Å². The monoisotopic (exact) mass is 249 g/mol. The first-order valence-corrected chi connectivity index (χ1v) is 6.40. The lowest BCUT2D eigenvalue weighted by molar-refractivity contribution is -0.124. The molecule has 0 fully saturated rings. The average Bonchev–Trinajstić information content (AvgIpc) is 2.31. The highest BCUT2D eigenvalue weighted by atomic mass is 16.5. The van der Waals surface area contributed by atoms with Crippen molar-refractivity contribution in [3.63, 3.8) is 0 Å². The van der Waals surface area contributed by atoms with Crippen LogP contribution in [-0.2, 0) is 4.79 Å². The van der Waals surface area contributed by atoms with E-state index in [1.54, 1.807) is 0 Å². The first-order chi connectivity index (χ1) is 8.41. The molecule has 0 unspecified atom stereocenters. The van der Waals surface area contributed by atoms with Gasteiger partial charge in [-0.3, -0.25) is 4.79 Å². The number of aryl methyl sites for hydroxylation is 1. The zero-order valence-electron chi connectivity index (χ0n) is 11.9. The fourth-order valence-corrected chi connectivity index (χ4v) is 1.49. The lowest BCUT2D eigenvalue weighted by atomic mass is 10.1. The largest absolute Gasteiger partial charge is 0.483 e. The van der Waals surface area contributed by atoms with Crippen LogP contribution in [0.3, 0.4) is 0 Å². The van der Waals surface area contributed by atoms with Gasteiger partial charge >= 0.3 is 0 Å². The molecule has 1 atom stereocenters. The molecule has 0 bridgehead atoms. The number of rotatable bonds is 5. The predicted molar refractivity (Wildman–Crippen MR) is 73.9 cm³/mol. The van der Waals surface area contributed by atoms with Crippen molar-refractivity contribution >= 4 is 5.91 Å². The Hall–Kier alpha value is -1.51. The molecule has 0 saturated heterocycles. The maximum atomic E-state index is 11.7. The van der Waals surface area contributed by atoms with Gasteiger partial charge in [0.25, 0.3) is 5.91 Å². The maximum absolute atomic E-state index is 11.7. The van der Waals surface area contributed by atoms with Crippen LogP contribution in [0, 0.1) is 19.8 Å². The third-order valence-electron chi connectivity index (χ3n) is 3.30. The summed E-state index contributed by atoms with van der Waals surface area (Å²) in [5.41, 5.74) is 2.26. The van der Waals surface area contributed by atoms with Crippen LogP contribution in [0.4, 0.5) is 0 Å². The van der Waals surface area contributed by atoms with Crippen LogP contribution >= 0.6 is 0 Å². The Bertz CT molecular complexity index is 413. The van der Waals surface area contributed by atoms with E-state index in [9.17, 15) is 4.79 Å². The lowest BCUT2D eigenvalue weighted by Crippen LogP contribution is -2.39. The number of hydrogen-bond donors (Lipinski definition) is 1. The molecule has 0 saturated carbocycles. The SMILES string of the molecule is Cc1cccc(OCC(=O)N[C@@H](C)C(C)C)c1C. The minimum absolute atomic E-state index is 0.0708. The zero-order valence-corrected chi connectivity index (χ0v) is 11.9. The number of amides is 1. The molecule has 18 heavy (non-hydrogen) atoms. The Balaban J connectivity index is 2.50. The third kappa shape index (κ3) is 4.06. The predicted octanol–water partition coefficient (Wildman–Crippen LogP) is 2.84. The van der Waals surface area contributed by atoms with Crippen LogP contribution in [0.5, 0.6) is 5.75 Å². The summed E-state index contributed by atoms with van der Waals surface area (Å²) in [6, 6.07) is 6.02. The molecule has 0 aliphatic carbocycles. The Morgan fingerprint density at radius 2 is 1.94 bits per heavy atom. The molecule has 100 valence electrons. The molecular formula is C15H23NO2. The van der Waals surface area contributed by atoms with Crippen molar-refractivity contribution in [1.29, 1.82) is 0 Å². The van der Waals surface area contributed by atoms with Gasteiger partial charge in [0.1, 0.15) is 5.75 Å². The van der Waals surface area contributed by atoms with E-state index in [0.717, 1.165) is 11.3 Å². The quantitative estimate of drug-likeness (QED) is 0.871. The average molecular weight is 249 g/mol. The second-order valence-electron chi connectivity index (χ2n) is 5.09. The summed E-state index contributed by atoms with van der Waals surface area (Å²) in [5.74, 6) is 1.13. The first kappa shape index (κ1) is 14.6. The van der Waals surface area contributed by atoms with E-state index < -0.39 is 0 Å². The third-order valence-corrected chi connectivity index (χ3v) is 3.30. The van der Waals surface area contributed by atoms with Gasteiger partial charge in [0.15, 0.2) is 6.61 Å². The summed E-state index contributed by atoms with van der Waals surface area (Å²) in [6.07, 6.45) is 0. The Morgan fingerprint density at radius 3 is 2.56 bits per heavy atom. The summed E-state index contributed by atoms with van der Waals surface area (Å²) < 4.78 is 5.55. The number of ether oxygens (including phenoxy) is 1. The van der Waals surface area contributed by atoms with E-state index in [0.29, 0.717) is 5.92 Å². The molecule has 1 N–H and O–H groups in total. The Kier molecular flexibility index (Phi) is 5.20. The molecule has 1 aromatic carbocycles. The summed E-state index contributed by atoms with van der Waals surface area (Å²) in [5, 5.41) is 2.92. The molecule has 3 nitrogen and oxygen atoms in total. The smallest absolute Gasteiger partial charge is 0.258 e. The second-order valence-corrected chi connectivity index (χ2v) is 5.09. The number of nitrogens with one attached hydrogen (secondary N) is 1. The van der Waals surface area contributed by atoms with Gasteiger partial charge in [-0.25, -0.2) is 0 Å². The first-order valence-electron chi connectivity index (χ1n) is 6.40. The molecule has 0 aliphatic rings. The second kappa shape index (κ2) is 6.43. The molecule has 0 spiro atoms. The molecule has 0 aliphatic heterocycles. The summed E-state index contributed by atoms with van der Waals surface area (Å²) >= 11 is 0. The van der Waals surface area contributed by atoms with Gasteiger partial charge in [-0.1, -0.05) is 26.0 Å². The van der Waals surface area contributed by atoms with Crippen LogP contribution < -0.4 is 10.1 Å². The zero-order chi connectivity index (χ0) is 13.7. The molecule has 0 radical (unpaired) electrons. The standard InChI is InChI=1S/C15H23NO2/c1-10(2)13(5)16-15(17)9-18-14-8-6-7-11(3)12(14)4/h6-8,10,13H,9H2,1-5H3,(H,16,17)/t13-/m0/s1. The summed E-state index contributed by atoms with van der Waals surface area (Å²) in [4.78, 5) is 11.7. The Morgan fingerprint density at radius 1 is 1.28 bits per heavy atom. The van der Waals surface area contributed by atoms with Crippen molar-refractivity contribution in [1.82, 2.24) is 5.32 Å². The minimum atomic E-state index is -0.0721. The highest BCUT2D eigenvalue weighted by molar-refractivity contribution is 5.77. The number of carbonyl (C=O) groups excluding carboxylic acids is 1. The highest BCUT2D eigenvalue weighted by Crippen LogP contribution is 2.20. The van der Waals surface area contributed by atoms with Gasteiger partial charge < -0.3 is 10.1 Å². The van der Waals surface area contributed by atoms with Crippen molar-refractivity contribution in [3.8, 4) is 5.75 Å². The summed E-state index contributed by atoms with van der Waals surface area (Å²) in [7, 11) is 0. The van der Waals surface area contributed by atoms with Crippen molar-refractivity contribution in [2.75, 3.05) is 6.61 Å². The molecular weight excluding hydrogens is 226 g/mol. The van der Waals surface area contributed by atoms with Crippen LogP contribution in [0.1, 0.15) is 31.9 Å². The van der Waals surface area contributed by atoms with E-state index in [-0.39, 0.29) is 18.6 Å². The Labute approximate surface area is 110 Å². The number of hydrogen-bond acceptors (Lipinski definition) is 2. The fourth-order valence-electron chi connectivity index (χ4n) is 1.49. The van der Waals surface area contributed by atoms with E-state index in [2.05, 4.69) is 19.2 Å². The van der Waals surface area contributed by atoms with Crippen LogP contribution in [0.15, 0.2) is 18.2 Å². The van der Waals surface area contributed by atoms with Crippen molar-refractivity contribution in [2.24, 2.45) is 5.92 Å². The van der Waals surface area contributed by atoms with E-state index in [1.165, 1.54) is 5.56 Å². The fraction of sp³-hybridized carbons (Fsp3) is 0.533. The van der Waals surface area contributed by atoms with Gasteiger partial charge in [0.2, 0.25) is 0 Å². The molecule has 1 amide bonds. The van der Waals surface area contributed by atoms with E-state index in [1.807, 2.05) is 39.0 Å². The maximum Gasteiger partial charge on any atom is 0.258 e. The molecule has 0 aromatic heterocycles. The van der Waals surface area contributed by atoms with Gasteiger partial charge in [0.05, 0.1) is 0 Å². The summed E-state index contributed by atoms with van der Waals surface area (Å²) in [6.45, 7) is 10.3. The van der Waals surface area contributed by atoms with Gasteiger partial charge in [-0.2, -0.15) is 0 Å². The topological polar surface area (TPSA) is 38.3 Å². The van der Waals surface area contributed by atoms with Crippen molar-refractivity contribution in [3.05, 3.63) is 29.3 Å². The van der Waals surface area contributed by atoms with E-state index in [4.69, 9.17) is 4.74 Å².